The molecule has 8 rings (SSSR count). The van der Waals surface area contributed by atoms with Crippen LogP contribution in [0.3, 0.4) is 0 Å². The Hall–Kier alpha value is -3.39. The molecule has 6 heterocycles. The van der Waals surface area contributed by atoms with Gasteiger partial charge >= 0.3 is 29.6 Å². The molecule has 3 aromatic rings. The van der Waals surface area contributed by atoms with Gasteiger partial charge in [0.2, 0.25) is 17.0 Å². The fourth-order valence-corrected chi connectivity index (χ4v) is 12.8. The van der Waals surface area contributed by atoms with Crippen LogP contribution in [0.15, 0.2) is 64.0 Å². The van der Waals surface area contributed by atoms with Gasteiger partial charge in [-0.2, -0.15) is 0 Å². The number of hydrogen-bond acceptors (Lipinski definition) is 16. The fourth-order valence-electron chi connectivity index (χ4n) is 12.8. The molecule has 1 aromatic heterocycles. The molecule has 2 spiro atoms. The number of rotatable bonds is 15. The maximum Gasteiger partial charge on any atom is 1.00 e. The number of hydrogen-bond donors (Lipinski definition) is 4. The number of aromatic hydroxyl groups is 1. The van der Waals surface area contributed by atoms with Gasteiger partial charge in [0.1, 0.15) is 23.9 Å². The molecule has 5 aliphatic rings. The molecule has 416 valence electrons. The number of phenolic OH excluding ortho intramolecular Hbond substituents is 1. The summed E-state index contributed by atoms with van der Waals surface area (Å²) in [6.07, 6.45) is 6.59. The third-order valence-corrected chi connectivity index (χ3v) is 17.9. The molecular formula is C59H83NaO16. The van der Waals surface area contributed by atoms with Gasteiger partial charge in [0.05, 0.1) is 73.0 Å². The third kappa shape index (κ3) is 12.0. The van der Waals surface area contributed by atoms with Crippen molar-refractivity contribution in [2.75, 3.05) is 14.2 Å². The topological polar surface area (TPSA) is 233 Å². The van der Waals surface area contributed by atoms with Crippen molar-refractivity contribution < 1.29 is 102 Å². The van der Waals surface area contributed by atoms with Gasteiger partial charge in [0.25, 0.3) is 0 Å². The third-order valence-electron chi connectivity index (χ3n) is 17.9. The maximum atomic E-state index is 14.4. The van der Waals surface area contributed by atoms with Crippen LogP contribution in [0.1, 0.15) is 133 Å². The number of methoxy groups -OCH3 is 2. The zero-order chi connectivity index (χ0) is 54.9. The second kappa shape index (κ2) is 25.0. The molecule has 5 aliphatic heterocycles. The summed E-state index contributed by atoms with van der Waals surface area (Å²) in [5.41, 5.74) is -0.441. The second-order valence-electron chi connectivity index (χ2n) is 22.6. The van der Waals surface area contributed by atoms with Crippen molar-refractivity contribution in [3.05, 3.63) is 65.0 Å². The van der Waals surface area contributed by atoms with E-state index in [0.29, 0.717) is 74.5 Å². The van der Waals surface area contributed by atoms with Gasteiger partial charge in [-0.25, -0.2) is 0 Å². The Balaban J connectivity index is 0.000000338. The van der Waals surface area contributed by atoms with E-state index < -0.39 is 82.9 Å². The molecule has 16 nitrogen and oxygen atoms in total. The van der Waals surface area contributed by atoms with E-state index in [1.807, 2.05) is 41.5 Å². The number of carboxylic acids is 1. The zero-order valence-electron chi connectivity index (χ0n) is 47.0. The Morgan fingerprint density at radius 2 is 1.55 bits per heavy atom. The molecule has 18 atom stereocenters. The summed E-state index contributed by atoms with van der Waals surface area (Å²) in [7, 11) is 2.99. The fraction of sp³-hybridized carbons (Fsp3) is 0.678. The number of aliphatic hydroxyl groups excluding tert-OH is 2. The van der Waals surface area contributed by atoms with E-state index in [0.717, 1.165) is 12.0 Å². The number of fused-ring (bicyclic) bond motifs is 1. The van der Waals surface area contributed by atoms with E-state index in [4.69, 9.17) is 37.6 Å². The van der Waals surface area contributed by atoms with Crippen LogP contribution >= 0.6 is 0 Å². The number of carbonyl (C=O) groups excluding carboxylic acids is 2. The Kier molecular flexibility index (Phi) is 20.3. The average Bonchev–Trinajstić information content (AvgIpc) is 3.76. The smallest absolute Gasteiger partial charge is 0.550 e. The van der Waals surface area contributed by atoms with Crippen LogP contribution in [0, 0.1) is 41.4 Å². The number of Topliss-reactive ketones (excluding diaryl/α,β-unsaturated/α-hetero) is 1. The van der Waals surface area contributed by atoms with E-state index in [2.05, 4.69) is 20.8 Å². The predicted octanol–water partition coefficient (Wildman–Crippen LogP) is 5.04. The van der Waals surface area contributed by atoms with E-state index in [1.165, 1.54) is 25.5 Å². The molecular weight excluding hydrogens is 988 g/mol. The second-order valence-corrected chi connectivity index (χ2v) is 22.6. The normalized spacial score (nSPS) is 35.3. The van der Waals surface area contributed by atoms with Crippen molar-refractivity contribution in [1.82, 2.24) is 0 Å². The van der Waals surface area contributed by atoms with Gasteiger partial charge in [-0.15, -0.1) is 0 Å². The minimum Gasteiger partial charge on any atom is -0.550 e. The van der Waals surface area contributed by atoms with Crippen molar-refractivity contribution in [2.45, 2.75) is 199 Å². The van der Waals surface area contributed by atoms with Gasteiger partial charge in [-0.1, -0.05) is 67.5 Å². The molecule has 4 saturated heterocycles. The molecule has 4 fully saturated rings. The van der Waals surface area contributed by atoms with Crippen LogP contribution in [0.5, 0.6) is 17.2 Å². The number of ether oxygens (including phenoxy) is 7. The number of phenols is 1. The first kappa shape index (κ1) is 61.8. The molecule has 18 unspecified atom stereocenters. The summed E-state index contributed by atoms with van der Waals surface area (Å²) in [6.45, 7) is 19.5. The summed E-state index contributed by atoms with van der Waals surface area (Å²) in [6, 6.07) is 10.1. The van der Waals surface area contributed by atoms with Crippen LogP contribution in [0.25, 0.3) is 22.1 Å². The summed E-state index contributed by atoms with van der Waals surface area (Å²) >= 11 is 0. The van der Waals surface area contributed by atoms with Gasteiger partial charge in [0, 0.05) is 42.0 Å². The Labute approximate surface area is 470 Å². The summed E-state index contributed by atoms with van der Waals surface area (Å²) in [5, 5.41) is 56.1. The standard InChI is InChI=1S/C42H70O11.C17H14O5.Na/c1-11-29(38(46)47)31-15-14-23(4)36(50-31)27(8)34(44)26(7)35(45)30(12-2)37-24(5)22-25(6)41(51-37)19-16-32(43)42(53-41)21-20-39(10,52-42)33-17-18-40(48,13-3)28(9)49-33;1-20-11-5-3-10(4-6-11)13-9-22-16-12(15(13)19)7-8-14(18)17(16)21-2;/h16,19,23-34,36-37,43-44,48H,11-15,17-18,20-22H2,1-10H3,(H,46,47);3-9,18H,1-2H3;/q;;+1/p-1. The van der Waals surface area contributed by atoms with E-state index >= 15 is 0 Å². The molecule has 17 heteroatoms. The van der Waals surface area contributed by atoms with Gasteiger partial charge in [0.15, 0.2) is 17.1 Å². The average molecular weight is 1070 g/mol. The van der Waals surface area contributed by atoms with Crippen molar-refractivity contribution in [1.29, 1.82) is 0 Å². The molecule has 2 aromatic carbocycles. The van der Waals surface area contributed by atoms with Gasteiger partial charge < -0.3 is 67.9 Å². The molecule has 4 N–H and O–H groups in total. The zero-order valence-corrected chi connectivity index (χ0v) is 49.0. The Morgan fingerprint density at radius 1 is 0.868 bits per heavy atom. The minimum atomic E-state index is -1.37. The molecule has 0 bridgehead atoms. The largest absolute Gasteiger partial charge is 1.00 e. The maximum absolute atomic E-state index is 14.4. The van der Waals surface area contributed by atoms with E-state index in [-0.39, 0.29) is 87.8 Å². The number of benzene rings is 2. The first-order chi connectivity index (χ1) is 35.5. The van der Waals surface area contributed by atoms with Crippen LogP contribution in [0.2, 0.25) is 0 Å². The quantitative estimate of drug-likeness (QED) is 0.115. The van der Waals surface area contributed by atoms with Crippen molar-refractivity contribution in [3.8, 4) is 28.4 Å². The predicted molar refractivity (Wildman–Crippen MR) is 279 cm³/mol. The summed E-state index contributed by atoms with van der Waals surface area (Å²) in [5.74, 6) is -5.45. The number of carbonyl (C=O) groups is 2. The van der Waals surface area contributed by atoms with Crippen LogP contribution in [0.4, 0.5) is 0 Å². The monoisotopic (exact) mass is 1070 g/mol. The summed E-state index contributed by atoms with van der Waals surface area (Å²) < 4.78 is 49.1. The van der Waals surface area contributed by atoms with E-state index in [1.54, 1.807) is 50.5 Å². The number of ketones is 1. The van der Waals surface area contributed by atoms with Crippen LogP contribution in [-0.4, -0.2) is 112 Å². The molecule has 76 heavy (non-hydrogen) atoms. The molecule has 0 saturated carbocycles. The first-order valence-electron chi connectivity index (χ1n) is 27.3. The van der Waals surface area contributed by atoms with Crippen LogP contribution < -0.4 is 49.6 Å². The number of carboxylic acid groups (broad SMARTS) is 1. The number of aliphatic carboxylic acids is 1. The van der Waals surface area contributed by atoms with Crippen LogP contribution in [-0.2, 0) is 33.3 Å². The Morgan fingerprint density at radius 3 is 2.16 bits per heavy atom. The number of aliphatic hydroxyl groups is 3. The van der Waals surface area contributed by atoms with Gasteiger partial charge in [-0.3, -0.25) is 9.59 Å². The van der Waals surface area contributed by atoms with E-state index in [9.17, 15) is 39.9 Å². The SMILES string of the molecule is CCC(C(=O)[O-])C1CCC(C)C(C(C)C(O)C(C)C(=O)C(CC)C2OC3(C=CC(O)C4(CCC(C)(C5CCC(O)(CC)C(C)O5)O4)O3)C(C)CC2C)O1.COc1ccc(-c2coc3c(OC)c(O)ccc3c2=O)cc1.[Na+]. The Bertz CT molecular complexity index is 2550. The minimum absolute atomic E-state index is 0. The summed E-state index contributed by atoms with van der Waals surface area (Å²) in [4.78, 5) is 38.9. The first-order valence-corrected chi connectivity index (χ1v) is 27.3. The molecule has 0 amide bonds. The van der Waals surface area contributed by atoms with Gasteiger partial charge in [-0.05, 0) is 125 Å². The van der Waals surface area contributed by atoms with Crippen molar-refractivity contribution in [2.24, 2.45) is 41.4 Å². The molecule has 0 radical (unpaired) electrons. The molecule has 0 aliphatic carbocycles. The van der Waals surface area contributed by atoms with Crippen molar-refractivity contribution >= 4 is 22.7 Å². The van der Waals surface area contributed by atoms with Crippen molar-refractivity contribution in [3.63, 3.8) is 0 Å².